The maximum absolute atomic E-state index is 13.3. The second-order valence-corrected chi connectivity index (χ2v) is 6.67. The van der Waals surface area contributed by atoms with E-state index in [1.165, 1.54) is 24.4 Å². The molecule has 0 aliphatic carbocycles. The summed E-state index contributed by atoms with van der Waals surface area (Å²) < 4.78 is 39.8. The van der Waals surface area contributed by atoms with Gasteiger partial charge in [0, 0.05) is 36.1 Å². The van der Waals surface area contributed by atoms with Gasteiger partial charge >= 0.3 is 6.18 Å². The first-order chi connectivity index (χ1) is 14.3. The fourth-order valence-electron chi connectivity index (χ4n) is 3.16. The first-order valence-electron chi connectivity index (χ1n) is 9.00. The van der Waals surface area contributed by atoms with Crippen LogP contribution in [0, 0.1) is 6.92 Å². The lowest BCUT2D eigenvalue weighted by atomic mass is 10.0. The van der Waals surface area contributed by atoms with E-state index < -0.39 is 11.7 Å². The summed E-state index contributed by atoms with van der Waals surface area (Å²) in [5, 5.41) is 2.94. The number of hydrogen-bond donors (Lipinski definition) is 2. The highest BCUT2D eigenvalue weighted by Gasteiger charge is 2.31. The summed E-state index contributed by atoms with van der Waals surface area (Å²) in [5.74, 6) is 0.559. The zero-order valence-corrected chi connectivity index (χ0v) is 16.0. The lowest BCUT2D eigenvalue weighted by molar-refractivity contribution is -0.137. The van der Waals surface area contributed by atoms with Crippen molar-refractivity contribution in [3.8, 4) is 22.5 Å². The molecule has 0 saturated carbocycles. The minimum atomic E-state index is -4.50. The highest BCUT2D eigenvalue weighted by molar-refractivity contribution is 5.85. The van der Waals surface area contributed by atoms with Crippen LogP contribution in [0.4, 0.5) is 19.0 Å². The Kier molecular flexibility index (Phi) is 4.73. The van der Waals surface area contributed by atoms with Gasteiger partial charge in [0.15, 0.2) is 11.2 Å². The molecule has 0 saturated heterocycles. The fraction of sp³-hybridized carbons (Fsp3) is 0.143. The lowest BCUT2D eigenvalue weighted by Gasteiger charge is -2.13. The van der Waals surface area contributed by atoms with E-state index in [1.807, 2.05) is 0 Å². The molecule has 0 amide bonds. The number of halogens is 3. The molecule has 3 aromatic heterocycles. The van der Waals surface area contributed by atoms with E-state index >= 15 is 0 Å². The summed E-state index contributed by atoms with van der Waals surface area (Å²) in [6.07, 6.45) is -3.08. The van der Waals surface area contributed by atoms with Gasteiger partial charge in [0.25, 0.3) is 0 Å². The zero-order chi connectivity index (χ0) is 21.5. The van der Waals surface area contributed by atoms with Crippen molar-refractivity contribution in [3.05, 3.63) is 70.1 Å². The lowest BCUT2D eigenvalue weighted by Crippen LogP contribution is -2.08. The van der Waals surface area contributed by atoms with E-state index in [1.54, 1.807) is 26.1 Å². The fourth-order valence-corrected chi connectivity index (χ4v) is 3.16. The number of aromatic nitrogens is 4. The first kappa shape index (κ1) is 19.6. The SMILES string of the molecule is CNc1cc(-c2nc3c(=O)cc[nH]c3nc2-c2cccc(C(F)(F)F)c2)cc(C)n1. The molecule has 2 N–H and O–H groups in total. The molecule has 3 heterocycles. The Morgan fingerprint density at radius 1 is 0.967 bits per heavy atom. The second-order valence-electron chi connectivity index (χ2n) is 6.67. The molecule has 0 aliphatic rings. The van der Waals surface area contributed by atoms with Crippen LogP contribution in [0.25, 0.3) is 33.7 Å². The van der Waals surface area contributed by atoms with Crippen molar-refractivity contribution in [2.24, 2.45) is 0 Å². The average molecular weight is 411 g/mol. The number of anilines is 1. The topological polar surface area (TPSA) is 83.6 Å². The summed E-state index contributed by atoms with van der Waals surface area (Å²) in [6, 6.07) is 9.63. The number of hydrogen-bond acceptors (Lipinski definition) is 5. The zero-order valence-electron chi connectivity index (χ0n) is 16.0. The highest BCUT2D eigenvalue weighted by Crippen LogP contribution is 2.35. The number of H-pyrrole nitrogens is 1. The van der Waals surface area contributed by atoms with Gasteiger partial charge in [-0.3, -0.25) is 4.79 Å². The Hall–Kier alpha value is -3.75. The molecule has 0 atom stereocenters. The quantitative estimate of drug-likeness (QED) is 0.522. The second kappa shape index (κ2) is 7.25. The minimum Gasteiger partial charge on any atom is -0.373 e. The summed E-state index contributed by atoms with van der Waals surface area (Å²) >= 11 is 0. The van der Waals surface area contributed by atoms with E-state index in [0.29, 0.717) is 22.8 Å². The number of alkyl halides is 3. The van der Waals surface area contributed by atoms with Crippen LogP contribution in [-0.4, -0.2) is 27.0 Å². The van der Waals surface area contributed by atoms with Crippen LogP contribution in [0.2, 0.25) is 0 Å². The van der Waals surface area contributed by atoms with Gasteiger partial charge in [0.2, 0.25) is 5.43 Å². The number of benzene rings is 1. The molecule has 0 bridgehead atoms. The molecular formula is C21H16F3N5O. The number of aryl methyl sites for hydroxylation is 1. The highest BCUT2D eigenvalue weighted by atomic mass is 19.4. The van der Waals surface area contributed by atoms with Crippen molar-refractivity contribution in [1.82, 2.24) is 19.9 Å². The van der Waals surface area contributed by atoms with Gasteiger partial charge in [-0.15, -0.1) is 0 Å². The first-order valence-corrected chi connectivity index (χ1v) is 9.00. The van der Waals surface area contributed by atoms with Crippen LogP contribution in [0.3, 0.4) is 0 Å². The standard InChI is InChI=1S/C21H16F3N5O/c1-11-8-13(10-16(25-2)27-11)18-17(12-4-3-5-14(9-12)21(22,23)24)29-20-19(28-18)15(30)6-7-26-20/h3-10H,1-2H3,(H,25,27)(H,26,29,30). The predicted molar refractivity (Wildman–Crippen MR) is 108 cm³/mol. The summed E-state index contributed by atoms with van der Waals surface area (Å²) in [7, 11) is 1.70. The number of nitrogens with one attached hydrogen (secondary N) is 2. The van der Waals surface area contributed by atoms with Gasteiger partial charge in [-0.2, -0.15) is 13.2 Å². The van der Waals surface area contributed by atoms with Crippen LogP contribution in [0.1, 0.15) is 11.3 Å². The third kappa shape index (κ3) is 3.61. The number of nitrogens with zero attached hydrogens (tertiary/aromatic N) is 3. The van der Waals surface area contributed by atoms with E-state index in [9.17, 15) is 18.0 Å². The number of fused-ring (bicyclic) bond motifs is 1. The van der Waals surface area contributed by atoms with Crippen molar-refractivity contribution in [3.63, 3.8) is 0 Å². The van der Waals surface area contributed by atoms with Crippen LogP contribution in [-0.2, 0) is 6.18 Å². The van der Waals surface area contributed by atoms with Crippen molar-refractivity contribution >= 4 is 17.0 Å². The molecular weight excluding hydrogens is 395 g/mol. The van der Waals surface area contributed by atoms with Crippen LogP contribution < -0.4 is 10.7 Å². The number of aromatic amines is 1. The van der Waals surface area contributed by atoms with Gasteiger partial charge in [-0.25, -0.2) is 15.0 Å². The maximum atomic E-state index is 13.3. The van der Waals surface area contributed by atoms with Gasteiger partial charge < -0.3 is 10.3 Å². The van der Waals surface area contributed by atoms with Gasteiger partial charge in [0.1, 0.15) is 5.82 Å². The molecule has 4 aromatic rings. The van der Waals surface area contributed by atoms with E-state index in [0.717, 1.165) is 12.1 Å². The molecule has 4 rings (SSSR count). The van der Waals surface area contributed by atoms with E-state index in [-0.39, 0.29) is 27.9 Å². The van der Waals surface area contributed by atoms with Crippen LogP contribution in [0.5, 0.6) is 0 Å². The van der Waals surface area contributed by atoms with Crippen molar-refractivity contribution in [2.75, 3.05) is 12.4 Å². The Balaban J connectivity index is 2.05. The van der Waals surface area contributed by atoms with Crippen molar-refractivity contribution in [2.45, 2.75) is 13.1 Å². The normalized spacial score (nSPS) is 11.6. The van der Waals surface area contributed by atoms with Crippen LogP contribution in [0.15, 0.2) is 53.5 Å². The van der Waals surface area contributed by atoms with Crippen LogP contribution >= 0.6 is 0 Å². The molecule has 0 fully saturated rings. The third-order valence-corrected chi connectivity index (χ3v) is 4.53. The largest absolute Gasteiger partial charge is 0.416 e. The molecule has 30 heavy (non-hydrogen) atoms. The minimum absolute atomic E-state index is 0.101. The molecule has 9 heteroatoms. The number of rotatable bonds is 3. The summed E-state index contributed by atoms with van der Waals surface area (Å²) in [4.78, 5) is 28.4. The van der Waals surface area contributed by atoms with E-state index in [2.05, 4.69) is 25.3 Å². The maximum Gasteiger partial charge on any atom is 0.416 e. The summed E-state index contributed by atoms with van der Waals surface area (Å²) in [6.45, 7) is 1.79. The molecule has 0 aliphatic heterocycles. The Morgan fingerprint density at radius 3 is 2.47 bits per heavy atom. The van der Waals surface area contributed by atoms with E-state index in [4.69, 9.17) is 0 Å². The smallest absolute Gasteiger partial charge is 0.373 e. The third-order valence-electron chi connectivity index (χ3n) is 4.53. The molecule has 152 valence electrons. The molecule has 1 aromatic carbocycles. The molecule has 0 unspecified atom stereocenters. The van der Waals surface area contributed by atoms with Gasteiger partial charge in [-0.05, 0) is 31.2 Å². The van der Waals surface area contributed by atoms with Gasteiger partial charge in [0.05, 0.1) is 17.0 Å². The monoisotopic (exact) mass is 411 g/mol. The Labute approximate surface area is 168 Å². The predicted octanol–water partition coefficient (Wildman–Crippen LogP) is 4.42. The van der Waals surface area contributed by atoms with Crippen molar-refractivity contribution < 1.29 is 13.2 Å². The Bertz CT molecular complexity index is 1310. The molecule has 6 nitrogen and oxygen atoms in total. The van der Waals surface area contributed by atoms with Gasteiger partial charge in [-0.1, -0.05) is 12.1 Å². The molecule has 0 spiro atoms. The van der Waals surface area contributed by atoms with Crippen molar-refractivity contribution in [1.29, 1.82) is 0 Å². The summed E-state index contributed by atoms with van der Waals surface area (Å²) in [5.41, 5.74) is 1.17. The number of pyridine rings is 2. The average Bonchev–Trinajstić information content (AvgIpc) is 2.72. The Morgan fingerprint density at radius 2 is 1.73 bits per heavy atom. The molecule has 0 radical (unpaired) electrons.